The number of aryl methyl sites for hydroxylation is 1. The molecule has 5 nitrogen and oxygen atoms in total. The van der Waals surface area contributed by atoms with Crippen LogP contribution in [0.2, 0.25) is 0 Å². The topological polar surface area (TPSA) is 51.0 Å². The Morgan fingerprint density at radius 2 is 2.04 bits per heavy atom. The van der Waals surface area contributed by atoms with E-state index in [0.717, 1.165) is 38.8 Å². The third-order valence-electron chi connectivity index (χ3n) is 4.90. The number of likely N-dealkylation sites (tertiary alicyclic amines) is 1. The van der Waals surface area contributed by atoms with Gasteiger partial charge in [-0.25, -0.2) is 18.4 Å². The first-order chi connectivity index (χ1) is 11.5. The number of hydrogen-bond acceptors (Lipinski definition) is 3. The summed E-state index contributed by atoms with van der Waals surface area (Å²) in [6.07, 6.45) is 1.44. The summed E-state index contributed by atoms with van der Waals surface area (Å²) >= 11 is 0. The Morgan fingerprint density at radius 1 is 1.33 bits per heavy atom. The average Bonchev–Trinajstić information content (AvgIpc) is 3.16. The minimum atomic E-state index is -2.57. The summed E-state index contributed by atoms with van der Waals surface area (Å²) in [5.74, 6) is 0.249. The van der Waals surface area contributed by atoms with Crippen molar-refractivity contribution in [2.24, 2.45) is 0 Å². The predicted octanol–water partition coefficient (Wildman–Crippen LogP) is 3.18. The molecule has 2 aliphatic rings. The fourth-order valence-electron chi connectivity index (χ4n) is 3.47. The standard InChI is InChI=1S/C17H20F2N4O/c1-10-15-12(16(18)19)8-13(11-4-5-11)20-17(15)23(21-10)9-14(24)22-6-2-3-7-22/h8,11,16H,2-7,9H2,1H3. The number of halogens is 2. The number of nitrogens with zero attached hydrogens (tertiary/aromatic N) is 4. The maximum absolute atomic E-state index is 13.5. The molecule has 1 saturated heterocycles. The third-order valence-corrected chi connectivity index (χ3v) is 4.90. The Balaban J connectivity index is 1.76. The minimum Gasteiger partial charge on any atom is -0.341 e. The normalized spacial score (nSPS) is 18.1. The molecule has 1 aliphatic heterocycles. The van der Waals surface area contributed by atoms with Crippen LogP contribution in [0.15, 0.2) is 6.07 Å². The second kappa shape index (κ2) is 5.79. The van der Waals surface area contributed by atoms with Gasteiger partial charge in [-0.05, 0) is 38.7 Å². The van der Waals surface area contributed by atoms with Crippen LogP contribution in [-0.2, 0) is 11.3 Å². The van der Waals surface area contributed by atoms with E-state index in [1.807, 2.05) is 4.90 Å². The Hall–Kier alpha value is -2.05. The van der Waals surface area contributed by atoms with Gasteiger partial charge in [0.15, 0.2) is 5.65 Å². The van der Waals surface area contributed by atoms with Crippen LogP contribution in [0.3, 0.4) is 0 Å². The summed E-state index contributed by atoms with van der Waals surface area (Å²) in [5, 5.41) is 4.73. The van der Waals surface area contributed by atoms with Gasteiger partial charge in [-0.15, -0.1) is 0 Å². The molecule has 0 aromatic carbocycles. The van der Waals surface area contributed by atoms with E-state index >= 15 is 0 Å². The van der Waals surface area contributed by atoms with Crippen molar-refractivity contribution in [2.75, 3.05) is 13.1 Å². The number of aromatic nitrogens is 3. The quantitative estimate of drug-likeness (QED) is 0.863. The highest BCUT2D eigenvalue weighted by molar-refractivity contribution is 5.85. The van der Waals surface area contributed by atoms with E-state index in [4.69, 9.17) is 0 Å². The number of alkyl halides is 2. The van der Waals surface area contributed by atoms with Gasteiger partial charge in [0.25, 0.3) is 6.43 Å². The largest absolute Gasteiger partial charge is 0.341 e. The molecular formula is C17H20F2N4O. The van der Waals surface area contributed by atoms with Crippen LogP contribution in [0.25, 0.3) is 11.0 Å². The smallest absolute Gasteiger partial charge is 0.264 e. The lowest BCUT2D eigenvalue weighted by Crippen LogP contribution is -2.31. The van der Waals surface area contributed by atoms with Crippen molar-refractivity contribution in [3.05, 3.63) is 23.0 Å². The van der Waals surface area contributed by atoms with Gasteiger partial charge in [-0.2, -0.15) is 5.10 Å². The van der Waals surface area contributed by atoms with Gasteiger partial charge >= 0.3 is 0 Å². The van der Waals surface area contributed by atoms with Crippen LogP contribution in [0.1, 0.15) is 55.0 Å². The SMILES string of the molecule is Cc1nn(CC(=O)N2CCCC2)c2nc(C3CC3)cc(C(F)F)c12. The first kappa shape index (κ1) is 15.5. The number of carbonyl (C=O) groups is 1. The Morgan fingerprint density at radius 3 is 2.67 bits per heavy atom. The van der Waals surface area contributed by atoms with Crippen LogP contribution in [0, 0.1) is 6.92 Å². The van der Waals surface area contributed by atoms with Crippen molar-refractivity contribution in [1.29, 1.82) is 0 Å². The van der Waals surface area contributed by atoms with Gasteiger partial charge in [0, 0.05) is 30.3 Å². The molecule has 0 N–H and O–H groups in total. The van der Waals surface area contributed by atoms with Gasteiger partial charge < -0.3 is 4.90 Å². The second-order valence-corrected chi connectivity index (χ2v) is 6.74. The molecule has 2 fully saturated rings. The first-order valence-electron chi connectivity index (χ1n) is 8.48. The van der Waals surface area contributed by atoms with Crippen molar-refractivity contribution in [1.82, 2.24) is 19.7 Å². The lowest BCUT2D eigenvalue weighted by atomic mass is 10.1. The molecule has 128 valence electrons. The maximum Gasteiger partial charge on any atom is 0.264 e. The van der Waals surface area contributed by atoms with Crippen molar-refractivity contribution in [2.45, 2.75) is 51.5 Å². The zero-order valence-corrected chi connectivity index (χ0v) is 13.6. The molecular weight excluding hydrogens is 314 g/mol. The van der Waals surface area contributed by atoms with Gasteiger partial charge in [-0.1, -0.05) is 0 Å². The van der Waals surface area contributed by atoms with Crippen LogP contribution in [0.4, 0.5) is 8.78 Å². The van der Waals surface area contributed by atoms with Crippen molar-refractivity contribution in [3.63, 3.8) is 0 Å². The zero-order valence-electron chi connectivity index (χ0n) is 13.6. The summed E-state index contributed by atoms with van der Waals surface area (Å²) in [5.41, 5.74) is 1.61. The highest BCUT2D eigenvalue weighted by Crippen LogP contribution is 2.41. The number of amides is 1. The molecule has 1 saturated carbocycles. The number of fused-ring (bicyclic) bond motifs is 1. The molecule has 2 aromatic heterocycles. The molecule has 0 spiro atoms. The summed E-state index contributed by atoms with van der Waals surface area (Å²) in [4.78, 5) is 18.8. The number of rotatable bonds is 4. The van der Waals surface area contributed by atoms with Crippen molar-refractivity contribution in [3.8, 4) is 0 Å². The Labute approximate surface area is 138 Å². The minimum absolute atomic E-state index is 0.0146. The van der Waals surface area contributed by atoms with Gasteiger partial charge in [0.05, 0.1) is 11.1 Å². The first-order valence-corrected chi connectivity index (χ1v) is 8.48. The van der Waals surface area contributed by atoms with Crippen molar-refractivity contribution < 1.29 is 13.6 Å². The molecule has 0 atom stereocenters. The Kier molecular flexibility index (Phi) is 3.73. The van der Waals surface area contributed by atoms with E-state index in [9.17, 15) is 13.6 Å². The van der Waals surface area contributed by atoms with Crippen LogP contribution in [0.5, 0.6) is 0 Å². The van der Waals surface area contributed by atoms with Crippen LogP contribution >= 0.6 is 0 Å². The molecule has 0 unspecified atom stereocenters. The highest BCUT2D eigenvalue weighted by atomic mass is 19.3. The second-order valence-electron chi connectivity index (χ2n) is 6.74. The van der Waals surface area contributed by atoms with Crippen LogP contribution in [-0.4, -0.2) is 38.7 Å². The molecule has 1 amide bonds. The van der Waals surface area contributed by atoms with E-state index < -0.39 is 6.43 Å². The lowest BCUT2D eigenvalue weighted by Gasteiger charge is -2.15. The van der Waals surface area contributed by atoms with E-state index in [0.29, 0.717) is 22.4 Å². The number of hydrogen-bond donors (Lipinski definition) is 0. The molecule has 24 heavy (non-hydrogen) atoms. The summed E-state index contributed by atoms with van der Waals surface area (Å²) in [6.45, 7) is 3.29. The van der Waals surface area contributed by atoms with E-state index in [1.54, 1.807) is 6.92 Å². The van der Waals surface area contributed by atoms with Gasteiger partial charge in [-0.3, -0.25) is 4.79 Å². The fraction of sp³-hybridized carbons (Fsp3) is 0.588. The van der Waals surface area contributed by atoms with E-state index in [-0.39, 0.29) is 23.9 Å². The molecule has 3 heterocycles. The number of carbonyl (C=O) groups excluding carboxylic acids is 1. The predicted molar refractivity (Wildman–Crippen MR) is 85.0 cm³/mol. The molecule has 4 rings (SSSR count). The van der Waals surface area contributed by atoms with Gasteiger partial charge in [0.2, 0.25) is 5.91 Å². The fourth-order valence-corrected chi connectivity index (χ4v) is 3.47. The summed E-state index contributed by atoms with van der Waals surface area (Å²) in [7, 11) is 0. The monoisotopic (exact) mass is 334 g/mol. The zero-order chi connectivity index (χ0) is 16.8. The highest BCUT2D eigenvalue weighted by Gasteiger charge is 2.29. The molecule has 1 aliphatic carbocycles. The molecule has 0 radical (unpaired) electrons. The third kappa shape index (κ3) is 2.65. The maximum atomic E-state index is 13.5. The number of pyridine rings is 1. The van der Waals surface area contributed by atoms with Gasteiger partial charge in [0.1, 0.15) is 6.54 Å². The summed E-state index contributed by atoms with van der Waals surface area (Å²) in [6, 6.07) is 1.52. The Bertz CT molecular complexity index is 791. The van der Waals surface area contributed by atoms with E-state index in [2.05, 4.69) is 10.1 Å². The molecule has 7 heteroatoms. The molecule has 0 bridgehead atoms. The lowest BCUT2D eigenvalue weighted by molar-refractivity contribution is -0.130. The molecule has 2 aromatic rings. The van der Waals surface area contributed by atoms with E-state index in [1.165, 1.54) is 10.7 Å². The average molecular weight is 334 g/mol. The summed E-state index contributed by atoms with van der Waals surface area (Å²) < 4.78 is 28.5. The van der Waals surface area contributed by atoms with Crippen LogP contribution < -0.4 is 0 Å². The van der Waals surface area contributed by atoms with Crippen molar-refractivity contribution >= 4 is 16.9 Å².